The van der Waals surface area contributed by atoms with Crippen LogP contribution in [-0.4, -0.2) is 6.71 Å². The summed E-state index contributed by atoms with van der Waals surface area (Å²) in [4.78, 5) is 4.98. The quantitative estimate of drug-likeness (QED) is 0.167. The number of rotatable bonds is 2. The number of fused-ring (bicyclic) bond motifs is 14. The predicted octanol–water partition coefficient (Wildman–Crippen LogP) is 12.0. The van der Waals surface area contributed by atoms with Crippen LogP contribution in [0.1, 0.15) is 0 Å². The number of hydrogen-bond acceptors (Lipinski definition) is 6. The molecule has 246 valence electrons. The zero-order valence-corrected chi connectivity index (χ0v) is 29.7. The van der Waals surface area contributed by atoms with Gasteiger partial charge in [0, 0.05) is 52.5 Å². The molecule has 11 aromatic rings. The molecule has 0 saturated carbocycles. The van der Waals surface area contributed by atoms with Gasteiger partial charge in [-0.05, 0) is 64.8 Å². The van der Waals surface area contributed by atoms with Crippen LogP contribution in [0.5, 0.6) is 0 Å². The smallest absolute Gasteiger partial charge is 0.266 e. The molecule has 0 spiro atoms. The fourth-order valence-corrected chi connectivity index (χ4v) is 11.7. The third kappa shape index (κ3) is 3.60. The van der Waals surface area contributed by atoms with Gasteiger partial charge < -0.3 is 13.7 Å². The summed E-state index contributed by atoms with van der Waals surface area (Å²) in [6, 6.07) is 54.6. The Morgan fingerprint density at radius 2 is 0.887 bits per heavy atom. The van der Waals surface area contributed by atoms with Crippen LogP contribution >= 0.6 is 22.7 Å². The number of hydrogen-bond donors (Lipinski definition) is 0. The van der Waals surface area contributed by atoms with Crippen LogP contribution in [-0.2, 0) is 0 Å². The molecule has 0 N–H and O–H groups in total. The Hall–Kier alpha value is -6.28. The number of benzene rings is 7. The van der Waals surface area contributed by atoms with Gasteiger partial charge in [-0.3, -0.25) is 4.90 Å². The summed E-state index contributed by atoms with van der Waals surface area (Å²) in [5, 5.41) is 8.30. The van der Waals surface area contributed by atoms with E-state index in [4.69, 9.17) is 8.83 Å². The van der Waals surface area contributed by atoms with E-state index in [2.05, 4.69) is 149 Å². The highest BCUT2D eigenvalue weighted by molar-refractivity contribution is 7.35. The normalized spacial score (nSPS) is 13.5. The first-order valence-electron chi connectivity index (χ1n) is 17.9. The number of anilines is 6. The SMILES string of the molecule is c1cc2c3c(c1)N(c1cccc4c1oc1ccccc14)c1c(sc4ccccc14)B3c1c(sc3ccccc13)N2c1cccc2c1oc1ccccc12. The van der Waals surface area contributed by atoms with Gasteiger partial charge in [0.2, 0.25) is 0 Å². The zero-order chi connectivity index (χ0) is 34.4. The standard InChI is InChI=1S/C46H25BN2O2S2/c1-5-22-36-26(12-1)28-16-9-20-34(43(28)50-36)48-32-18-11-19-33-41(32)47(45-42(48)31-15-4-8-25-39(31)52-45)40-30-14-3-7-24-38(30)53-46(40)49(33)35-21-10-17-29-27-13-2-6-23-37(27)51-44(29)35/h1-25H. The first kappa shape index (κ1) is 28.3. The van der Waals surface area contributed by atoms with E-state index in [0.29, 0.717) is 0 Å². The van der Waals surface area contributed by atoms with Gasteiger partial charge in [0.15, 0.2) is 11.2 Å². The lowest BCUT2D eigenvalue weighted by Crippen LogP contribution is -2.60. The highest BCUT2D eigenvalue weighted by Gasteiger charge is 2.47. The van der Waals surface area contributed by atoms with Gasteiger partial charge in [-0.1, -0.05) is 103 Å². The fourth-order valence-electron chi connectivity index (χ4n) is 9.14. The van der Waals surface area contributed by atoms with Crippen molar-refractivity contribution in [3.8, 4) is 0 Å². The van der Waals surface area contributed by atoms with Crippen molar-refractivity contribution >= 4 is 143 Å². The van der Waals surface area contributed by atoms with Crippen LogP contribution in [0.4, 0.5) is 33.4 Å². The minimum absolute atomic E-state index is 0.0389. The van der Waals surface area contributed by atoms with E-state index in [9.17, 15) is 0 Å². The first-order valence-corrected chi connectivity index (χ1v) is 19.5. The molecule has 13 rings (SSSR count). The molecule has 4 nitrogen and oxygen atoms in total. The first-order chi connectivity index (χ1) is 26.3. The molecule has 2 aliphatic heterocycles. The molecule has 0 amide bonds. The summed E-state index contributed by atoms with van der Waals surface area (Å²) in [5.74, 6) is 0. The summed E-state index contributed by atoms with van der Waals surface area (Å²) in [7, 11) is 0. The third-order valence-electron chi connectivity index (χ3n) is 11.3. The van der Waals surface area contributed by atoms with E-state index in [1.54, 1.807) is 0 Å². The van der Waals surface area contributed by atoms with Crippen LogP contribution in [0.3, 0.4) is 0 Å². The maximum Gasteiger partial charge on any atom is 0.266 e. The van der Waals surface area contributed by atoms with Gasteiger partial charge in [-0.25, -0.2) is 0 Å². The molecule has 0 bridgehead atoms. The van der Waals surface area contributed by atoms with Crippen LogP contribution in [0, 0.1) is 0 Å². The number of nitrogens with zero attached hydrogens (tertiary/aromatic N) is 2. The maximum atomic E-state index is 6.76. The predicted molar refractivity (Wildman–Crippen MR) is 226 cm³/mol. The van der Waals surface area contributed by atoms with Gasteiger partial charge >= 0.3 is 0 Å². The molecule has 0 saturated heterocycles. The van der Waals surface area contributed by atoms with Gasteiger partial charge in [-0.2, -0.15) is 0 Å². The molecule has 0 aliphatic carbocycles. The van der Waals surface area contributed by atoms with Crippen LogP contribution in [0.25, 0.3) is 64.0 Å². The minimum atomic E-state index is 0.0389. The summed E-state index contributed by atoms with van der Waals surface area (Å²) in [6.45, 7) is 0.0389. The molecule has 4 aromatic heterocycles. The Morgan fingerprint density at radius 3 is 1.57 bits per heavy atom. The average Bonchev–Trinajstić information content (AvgIpc) is 3.98. The molecule has 53 heavy (non-hydrogen) atoms. The Bertz CT molecular complexity index is 3350. The van der Waals surface area contributed by atoms with E-state index < -0.39 is 0 Å². The molecular formula is C46H25BN2O2S2. The van der Waals surface area contributed by atoms with Gasteiger partial charge in [0.25, 0.3) is 6.71 Å². The van der Waals surface area contributed by atoms with Crippen molar-refractivity contribution in [2.24, 2.45) is 0 Å². The van der Waals surface area contributed by atoms with Gasteiger partial charge in [0.05, 0.1) is 22.1 Å². The highest BCUT2D eigenvalue weighted by atomic mass is 32.1. The van der Waals surface area contributed by atoms with Crippen molar-refractivity contribution in [3.05, 3.63) is 152 Å². The largest absolute Gasteiger partial charge is 0.454 e. The monoisotopic (exact) mass is 712 g/mol. The maximum absolute atomic E-state index is 6.76. The van der Waals surface area contributed by atoms with Crippen LogP contribution in [0.15, 0.2) is 160 Å². The van der Waals surface area contributed by atoms with Crippen LogP contribution < -0.4 is 25.5 Å². The Balaban J connectivity index is 1.18. The van der Waals surface area contributed by atoms with Gasteiger partial charge in [0.1, 0.15) is 11.2 Å². The second-order valence-electron chi connectivity index (χ2n) is 13.9. The lowest BCUT2D eigenvalue weighted by molar-refractivity contribution is 0.669. The van der Waals surface area contributed by atoms with Crippen molar-refractivity contribution in [2.45, 2.75) is 0 Å². The summed E-state index contributed by atoms with van der Waals surface area (Å²) >= 11 is 3.79. The van der Waals surface area contributed by atoms with Crippen LogP contribution in [0.2, 0.25) is 0 Å². The Kier molecular flexibility index (Phi) is 5.45. The van der Waals surface area contributed by atoms with E-state index in [0.717, 1.165) is 55.3 Å². The fraction of sp³-hybridized carbons (Fsp3) is 0. The van der Waals surface area contributed by atoms with E-state index >= 15 is 0 Å². The van der Waals surface area contributed by atoms with Crippen molar-refractivity contribution in [1.82, 2.24) is 0 Å². The molecular weight excluding hydrogens is 687 g/mol. The van der Waals surface area contributed by atoms with Gasteiger partial charge in [-0.15, -0.1) is 22.7 Å². The molecule has 7 heteroatoms. The highest BCUT2D eigenvalue weighted by Crippen LogP contribution is 2.52. The summed E-state index contributed by atoms with van der Waals surface area (Å²) in [6.07, 6.45) is 0. The van der Waals surface area contributed by atoms with Crippen molar-refractivity contribution in [2.75, 3.05) is 9.80 Å². The number of furan rings is 2. The minimum Gasteiger partial charge on any atom is -0.454 e. The molecule has 0 fully saturated rings. The van der Waals surface area contributed by atoms with Crippen molar-refractivity contribution in [1.29, 1.82) is 0 Å². The number of thiophene rings is 2. The molecule has 2 aliphatic rings. The molecule has 6 heterocycles. The molecule has 0 unspecified atom stereocenters. The van der Waals surface area contributed by atoms with Crippen molar-refractivity contribution < 1.29 is 8.83 Å². The molecule has 0 atom stereocenters. The van der Waals surface area contributed by atoms with Crippen molar-refractivity contribution in [3.63, 3.8) is 0 Å². The van der Waals surface area contributed by atoms with E-state index in [-0.39, 0.29) is 6.71 Å². The molecule has 0 radical (unpaired) electrons. The summed E-state index contributed by atoms with van der Waals surface area (Å²) < 4.78 is 17.4. The third-order valence-corrected chi connectivity index (χ3v) is 13.7. The number of para-hydroxylation sites is 4. The van der Waals surface area contributed by atoms with E-state index in [1.165, 1.54) is 57.9 Å². The average molecular weight is 713 g/mol. The zero-order valence-electron chi connectivity index (χ0n) is 28.0. The second-order valence-corrected chi connectivity index (χ2v) is 16.1. The lowest BCUT2D eigenvalue weighted by Gasteiger charge is -2.41. The Morgan fingerprint density at radius 1 is 0.396 bits per heavy atom. The summed E-state index contributed by atoms with van der Waals surface area (Å²) in [5.41, 5.74) is 11.9. The molecule has 7 aromatic carbocycles. The second kappa shape index (κ2) is 10.2. The topological polar surface area (TPSA) is 32.8 Å². The lowest BCUT2D eigenvalue weighted by atomic mass is 9.36. The Labute approximate surface area is 311 Å². The van der Waals surface area contributed by atoms with E-state index in [1.807, 2.05) is 34.8 Å².